The summed E-state index contributed by atoms with van der Waals surface area (Å²) in [7, 11) is 3.65. The number of anilines is 1. The van der Waals surface area contributed by atoms with E-state index in [2.05, 4.69) is 0 Å². The molecule has 0 N–H and O–H groups in total. The zero-order valence-corrected chi connectivity index (χ0v) is 11.3. The molecule has 2 aromatic rings. The van der Waals surface area contributed by atoms with Gasteiger partial charge in [-0.3, -0.25) is 9.59 Å². The number of nitrogens with zero attached hydrogens (tertiary/aromatic N) is 2. The van der Waals surface area contributed by atoms with Crippen molar-refractivity contribution >= 4 is 22.3 Å². The second-order valence-corrected chi connectivity index (χ2v) is 5.09. The molecule has 0 fully saturated rings. The van der Waals surface area contributed by atoms with Crippen molar-refractivity contribution in [3.63, 3.8) is 0 Å². The molecular formula is C13H14N2O2S. The van der Waals surface area contributed by atoms with Crippen molar-refractivity contribution in [2.75, 3.05) is 19.0 Å². The summed E-state index contributed by atoms with van der Waals surface area (Å²) in [6.07, 6.45) is 0. The van der Waals surface area contributed by atoms with Crippen LogP contribution in [0.2, 0.25) is 0 Å². The van der Waals surface area contributed by atoms with Gasteiger partial charge >= 0.3 is 0 Å². The van der Waals surface area contributed by atoms with E-state index >= 15 is 0 Å². The normalized spacial score (nSPS) is 10.4. The van der Waals surface area contributed by atoms with Crippen LogP contribution >= 0.6 is 11.5 Å². The molecule has 0 aliphatic heterocycles. The second-order valence-electron chi connectivity index (χ2n) is 4.16. The van der Waals surface area contributed by atoms with Crippen LogP contribution in [0.5, 0.6) is 0 Å². The van der Waals surface area contributed by atoms with Gasteiger partial charge in [0, 0.05) is 14.1 Å². The maximum atomic E-state index is 12.3. The van der Waals surface area contributed by atoms with Crippen molar-refractivity contribution in [2.45, 2.75) is 6.92 Å². The predicted octanol–water partition coefficient (Wildman–Crippen LogP) is 2.17. The monoisotopic (exact) mass is 262 g/mol. The van der Waals surface area contributed by atoms with Crippen molar-refractivity contribution in [1.29, 1.82) is 0 Å². The minimum Gasteiger partial charge on any atom is -0.368 e. The molecule has 0 saturated carbocycles. The summed E-state index contributed by atoms with van der Waals surface area (Å²) in [5.41, 5.74) is 0.791. The van der Waals surface area contributed by atoms with E-state index in [0.717, 1.165) is 5.69 Å². The van der Waals surface area contributed by atoms with Gasteiger partial charge in [-0.2, -0.15) is 0 Å². The highest BCUT2D eigenvalue weighted by Crippen LogP contribution is 2.25. The van der Waals surface area contributed by atoms with E-state index in [1.807, 2.05) is 44.4 Å². The van der Waals surface area contributed by atoms with Crippen molar-refractivity contribution in [3.05, 3.63) is 46.2 Å². The standard InChI is InChI=1S/C13H14N2O2S/c1-9(16)11-12(17)15(18-13(11)14(2)3)10-7-5-4-6-8-10/h4-8H,1-3H3. The minimum absolute atomic E-state index is 0.199. The molecule has 1 heterocycles. The van der Waals surface area contributed by atoms with Crippen molar-refractivity contribution in [2.24, 2.45) is 0 Å². The van der Waals surface area contributed by atoms with Crippen LogP contribution in [0.4, 0.5) is 5.00 Å². The van der Waals surface area contributed by atoms with E-state index in [1.54, 1.807) is 8.86 Å². The fraction of sp³-hybridized carbons (Fsp3) is 0.231. The number of carbonyl (C=O) groups excluding carboxylic acids is 1. The van der Waals surface area contributed by atoms with E-state index in [1.165, 1.54) is 18.5 Å². The molecule has 0 spiro atoms. The summed E-state index contributed by atoms with van der Waals surface area (Å²) in [4.78, 5) is 25.7. The number of carbonyl (C=O) groups is 1. The zero-order valence-electron chi connectivity index (χ0n) is 10.5. The topological polar surface area (TPSA) is 42.3 Å². The molecule has 0 amide bonds. The van der Waals surface area contributed by atoms with E-state index in [0.29, 0.717) is 5.00 Å². The van der Waals surface area contributed by atoms with Crippen molar-refractivity contribution in [3.8, 4) is 5.69 Å². The summed E-state index contributed by atoms with van der Waals surface area (Å²) in [6.45, 7) is 1.42. The Morgan fingerprint density at radius 1 is 1.22 bits per heavy atom. The Bertz CT molecular complexity index is 626. The smallest absolute Gasteiger partial charge is 0.278 e. The minimum atomic E-state index is -0.248. The van der Waals surface area contributed by atoms with Gasteiger partial charge in [0.25, 0.3) is 5.56 Å². The highest BCUT2D eigenvalue weighted by molar-refractivity contribution is 7.11. The lowest BCUT2D eigenvalue weighted by Crippen LogP contribution is -2.19. The number of hydrogen-bond acceptors (Lipinski definition) is 4. The zero-order chi connectivity index (χ0) is 13.3. The number of hydrogen-bond donors (Lipinski definition) is 0. The fourth-order valence-electron chi connectivity index (χ4n) is 1.71. The van der Waals surface area contributed by atoms with Crippen LogP contribution in [0.25, 0.3) is 5.69 Å². The van der Waals surface area contributed by atoms with Crippen molar-refractivity contribution < 1.29 is 4.79 Å². The summed E-state index contributed by atoms with van der Waals surface area (Å²) in [6, 6.07) is 9.32. The Kier molecular flexibility index (Phi) is 3.34. The highest BCUT2D eigenvalue weighted by Gasteiger charge is 2.20. The van der Waals surface area contributed by atoms with Gasteiger partial charge in [0.1, 0.15) is 10.6 Å². The third kappa shape index (κ3) is 2.09. The molecule has 94 valence electrons. The Morgan fingerprint density at radius 2 is 1.83 bits per heavy atom. The third-order valence-electron chi connectivity index (χ3n) is 2.54. The predicted molar refractivity (Wildman–Crippen MR) is 74.2 cm³/mol. The molecule has 0 unspecified atom stereocenters. The van der Waals surface area contributed by atoms with E-state index in [9.17, 15) is 9.59 Å². The average molecular weight is 262 g/mol. The summed E-state index contributed by atoms with van der Waals surface area (Å²) in [5, 5.41) is 0.691. The summed E-state index contributed by atoms with van der Waals surface area (Å²) < 4.78 is 1.55. The molecule has 4 nitrogen and oxygen atoms in total. The first kappa shape index (κ1) is 12.6. The summed E-state index contributed by atoms with van der Waals surface area (Å²) >= 11 is 1.28. The molecule has 2 rings (SSSR count). The van der Waals surface area contributed by atoms with Gasteiger partial charge in [-0.15, -0.1) is 0 Å². The quantitative estimate of drug-likeness (QED) is 0.796. The van der Waals surface area contributed by atoms with Crippen LogP contribution in [0.1, 0.15) is 17.3 Å². The number of aromatic nitrogens is 1. The molecular weight excluding hydrogens is 248 g/mol. The molecule has 1 aromatic carbocycles. The van der Waals surface area contributed by atoms with Crippen LogP contribution < -0.4 is 10.5 Å². The molecule has 18 heavy (non-hydrogen) atoms. The molecule has 1 aromatic heterocycles. The first-order valence-electron chi connectivity index (χ1n) is 5.52. The van der Waals surface area contributed by atoms with Gasteiger partial charge in [0.15, 0.2) is 5.78 Å². The number of benzene rings is 1. The van der Waals surface area contributed by atoms with E-state index in [-0.39, 0.29) is 16.9 Å². The summed E-state index contributed by atoms with van der Waals surface area (Å²) in [5.74, 6) is -0.199. The lowest BCUT2D eigenvalue weighted by Gasteiger charge is -2.09. The SMILES string of the molecule is CC(=O)c1c(N(C)C)sn(-c2ccccc2)c1=O. The first-order valence-corrected chi connectivity index (χ1v) is 6.29. The molecule has 0 aliphatic carbocycles. The molecule has 0 aliphatic rings. The fourth-order valence-corrected chi connectivity index (χ4v) is 2.77. The van der Waals surface area contributed by atoms with Crippen LogP contribution in [0, 0.1) is 0 Å². The number of rotatable bonds is 3. The highest BCUT2D eigenvalue weighted by atomic mass is 32.1. The first-order chi connectivity index (χ1) is 8.52. The van der Waals surface area contributed by atoms with Gasteiger partial charge in [-0.05, 0) is 30.6 Å². The lowest BCUT2D eigenvalue weighted by molar-refractivity contribution is 0.101. The number of ketones is 1. The van der Waals surface area contributed by atoms with Crippen LogP contribution in [-0.4, -0.2) is 23.8 Å². The Balaban J connectivity index is 2.69. The lowest BCUT2D eigenvalue weighted by atomic mass is 10.2. The maximum Gasteiger partial charge on any atom is 0.278 e. The van der Waals surface area contributed by atoms with Crippen LogP contribution in [0.15, 0.2) is 35.1 Å². The number of para-hydroxylation sites is 1. The van der Waals surface area contributed by atoms with Gasteiger partial charge in [0.05, 0.1) is 5.69 Å². The molecule has 0 saturated heterocycles. The average Bonchev–Trinajstić information content (AvgIpc) is 2.68. The van der Waals surface area contributed by atoms with E-state index < -0.39 is 0 Å². The van der Waals surface area contributed by atoms with Gasteiger partial charge in [0.2, 0.25) is 0 Å². The van der Waals surface area contributed by atoms with Gasteiger partial charge < -0.3 is 4.90 Å². The Hall–Kier alpha value is -1.88. The maximum absolute atomic E-state index is 12.3. The molecule has 5 heteroatoms. The Morgan fingerprint density at radius 3 is 2.28 bits per heavy atom. The van der Waals surface area contributed by atoms with Gasteiger partial charge in [-0.25, -0.2) is 3.96 Å². The molecule has 0 bridgehead atoms. The van der Waals surface area contributed by atoms with E-state index in [4.69, 9.17) is 0 Å². The molecule has 0 atom stereocenters. The largest absolute Gasteiger partial charge is 0.368 e. The number of Topliss-reactive ketones (excluding diaryl/α,β-unsaturated/α-hetero) is 1. The van der Waals surface area contributed by atoms with Gasteiger partial charge in [-0.1, -0.05) is 18.2 Å². The van der Waals surface area contributed by atoms with Crippen LogP contribution in [-0.2, 0) is 0 Å². The third-order valence-corrected chi connectivity index (χ3v) is 3.84. The Labute approximate surface area is 109 Å². The van der Waals surface area contributed by atoms with Crippen molar-refractivity contribution in [1.82, 2.24) is 3.96 Å². The second kappa shape index (κ2) is 4.78. The van der Waals surface area contributed by atoms with Crippen LogP contribution in [0.3, 0.4) is 0 Å². The molecule has 0 radical (unpaired) electrons.